The molecule has 0 atom stereocenters. The number of rotatable bonds is 3. The minimum Gasteiger partial charge on any atom is -0.453 e. The number of hydrogen-bond donors (Lipinski definition) is 1. The molecule has 0 radical (unpaired) electrons. The third-order valence-corrected chi connectivity index (χ3v) is 3.81. The van der Waals surface area contributed by atoms with Gasteiger partial charge in [-0.2, -0.15) is 0 Å². The Bertz CT molecular complexity index is 1050. The number of benzene rings is 3. The van der Waals surface area contributed by atoms with E-state index in [4.69, 9.17) is 10.5 Å². The van der Waals surface area contributed by atoms with Crippen molar-refractivity contribution in [3.63, 3.8) is 0 Å². The number of nitrogens with two attached hydrogens (primary N) is 1. The van der Waals surface area contributed by atoms with Crippen molar-refractivity contribution in [3.8, 4) is 22.8 Å². The van der Waals surface area contributed by atoms with Gasteiger partial charge >= 0.3 is 0 Å². The van der Waals surface area contributed by atoms with Gasteiger partial charge in [0.2, 0.25) is 5.95 Å². The van der Waals surface area contributed by atoms with Gasteiger partial charge in [-0.25, -0.2) is 14.4 Å². The van der Waals surface area contributed by atoms with Gasteiger partial charge in [-0.05, 0) is 24.3 Å². The van der Waals surface area contributed by atoms with Crippen molar-refractivity contribution < 1.29 is 9.13 Å². The van der Waals surface area contributed by atoms with Gasteiger partial charge in [0.05, 0.1) is 16.6 Å². The molecule has 122 valence electrons. The Morgan fingerprint density at radius 3 is 2.28 bits per heavy atom. The average Bonchev–Trinajstić information content (AvgIpc) is 2.63. The molecule has 1 heterocycles. The molecule has 4 rings (SSSR count). The summed E-state index contributed by atoms with van der Waals surface area (Å²) in [4.78, 5) is 8.67. The summed E-state index contributed by atoms with van der Waals surface area (Å²) in [5, 5.41) is 0.686. The molecule has 1 aromatic heterocycles. The summed E-state index contributed by atoms with van der Waals surface area (Å²) in [5.74, 6) is 0.360. The lowest BCUT2D eigenvalue weighted by molar-refractivity contribution is 0.446. The molecule has 25 heavy (non-hydrogen) atoms. The van der Waals surface area contributed by atoms with Crippen molar-refractivity contribution in [1.82, 2.24) is 9.97 Å². The van der Waals surface area contributed by atoms with Crippen LogP contribution < -0.4 is 10.5 Å². The highest BCUT2D eigenvalue weighted by Gasteiger charge is 2.15. The minimum absolute atomic E-state index is 0.144. The van der Waals surface area contributed by atoms with Crippen LogP contribution in [-0.2, 0) is 0 Å². The molecule has 4 nitrogen and oxygen atoms in total. The third-order valence-electron chi connectivity index (χ3n) is 3.81. The first-order valence-corrected chi connectivity index (χ1v) is 7.76. The summed E-state index contributed by atoms with van der Waals surface area (Å²) >= 11 is 0. The highest BCUT2D eigenvalue weighted by Crippen LogP contribution is 2.36. The van der Waals surface area contributed by atoms with E-state index in [1.165, 1.54) is 6.07 Å². The second kappa shape index (κ2) is 6.20. The van der Waals surface area contributed by atoms with E-state index in [0.717, 1.165) is 5.56 Å². The number of halogens is 1. The molecule has 3 aromatic carbocycles. The van der Waals surface area contributed by atoms with Crippen LogP contribution in [0.25, 0.3) is 22.2 Å². The van der Waals surface area contributed by atoms with Crippen LogP contribution in [0, 0.1) is 5.82 Å². The second-order valence-corrected chi connectivity index (χ2v) is 5.48. The number of anilines is 1. The van der Waals surface area contributed by atoms with Gasteiger partial charge in [0.15, 0.2) is 11.6 Å². The van der Waals surface area contributed by atoms with Gasteiger partial charge in [-0.1, -0.05) is 48.5 Å². The highest BCUT2D eigenvalue weighted by atomic mass is 19.1. The van der Waals surface area contributed by atoms with E-state index in [9.17, 15) is 4.39 Å². The summed E-state index contributed by atoms with van der Waals surface area (Å²) in [6.45, 7) is 0. The van der Waals surface area contributed by atoms with Crippen molar-refractivity contribution in [1.29, 1.82) is 0 Å². The Balaban J connectivity index is 1.95. The molecule has 0 aliphatic carbocycles. The van der Waals surface area contributed by atoms with Crippen LogP contribution in [0.1, 0.15) is 0 Å². The molecule has 5 heteroatoms. The lowest BCUT2D eigenvalue weighted by Crippen LogP contribution is -1.99. The maximum Gasteiger partial charge on any atom is 0.221 e. The molecule has 0 fully saturated rings. The predicted octanol–water partition coefficient (Wildman–Crippen LogP) is 4.81. The summed E-state index contributed by atoms with van der Waals surface area (Å²) in [5.41, 5.74) is 8.03. The number of nitrogens with zero attached hydrogens (tertiary/aromatic N) is 2. The Hall–Kier alpha value is -3.47. The number of hydrogen-bond acceptors (Lipinski definition) is 4. The first kappa shape index (κ1) is 15.1. The molecular weight excluding hydrogens is 317 g/mol. The summed E-state index contributed by atoms with van der Waals surface area (Å²) < 4.78 is 19.8. The fourth-order valence-electron chi connectivity index (χ4n) is 2.71. The lowest BCUT2D eigenvalue weighted by atomic mass is 10.1. The highest BCUT2D eigenvalue weighted by molar-refractivity contribution is 5.97. The third kappa shape index (κ3) is 2.87. The van der Waals surface area contributed by atoms with E-state index in [1.54, 1.807) is 30.3 Å². The van der Waals surface area contributed by atoms with Crippen LogP contribution in [0.3, 0.4) is 0 Å². The summed E-state index contributed by atoms with van der Waals surface area (Å²) in [7, 11) is 0. The molecule has 0 saturated heterocycles. The fourth-order valence-corrected chi connectivity index (χ4v) is 2.71. The van der Waals surface area contributed by atoms with E-state index < -0.39 is 5.82 Å². The van der Waals surface area contributed by atoms with E-state index in [2.05, 4.69) is 9.97 Å². The molecule has 0 saturated carbocycles. The van der Waals surface area contributed by atoms with Crippen LogP contribution in [-0.4, -0.2) is 9.97 Å². The Morgan fingerprint density at radius 1 is 0.760 bits per heavy atom. The van der Waals surface area contributed by atoms with Crippen molar-refractivity contribution in [2.24, 2.45) is 0 Å². The van der Waals surface area contributed by atoms with Crippen molar-refractivity contribution in [2.75, 3.05) is 5.73 Å². The normalized spacial score (nSPS) is 10.8. The van der Waals surface area contributed by atoms with Crippen LogP contribution in [0.2, 0.25) is 0 Å². The zero-order chi connectivity index (χ0) is 17.2. The van der Waals surface area contributed by atoms with E-state index in [-0.39, 0.29) is 11.7 Å². The summed E-state index contributed by atoms with van der Waals surface area (Å²) in [6, 6.07) is 21.3. The molecule has 0 aliphatic heterocycles. The molecule has 4 aromatic rings. The number of ether oxygens (including phenoxy) is 1. The lowest BCUT2D eigenvalue weighted by Gasteiger charge is -2.13. The largest absolute Gasteiger partial charge is 0.453 e. The van der Waals surface area contributed by atoms with Crippen molar-refractivity contribution in [3.05, 3.63) is 78.6 Å². The molecule has 2 N–H and O–H groups in total. The second-order valence-electron chi connectivity index (χ2n) is 5.48. The average molecular weight is 331 g/mol. The molecular formula is C20H14FN3O. The molecule has 0 unspecified atom stereocenters. The molecule has 0 aliphatic rings. The zero-order valence-corrected chi connectivity index (χ0v) is 13.2. The van der Waals surface area contributed by atoms with Crippen LogP contribution in [0.15, 0.2) is 72.8 Å². The number of para-hydroxylation sites is 1. The van der Waals surface area contributed by atoms with E-state index >= 15 is 0 Å². The van der Waals surface area contributed by atoms with Crippen LogP contribution in [0.4, 0.5) is 10.3 Å². The Labute approximate surface area is 143 Å². The maximum absolute atomic E-state index is 14.0. The molecule has 0 bridgehead atoms. The fraction of sp³-hybridized carbons (Fsp3) is 0. The number of nitrogen functional groups attached to an aromatic ring is 1. The molecule has 0 amide bonds. The minimum atomic E-state index is -0.433. The van der Waals surface area contributed by atoms with Gasteiger partial charge in [0.1, 0.15) is 5.75 Å². The van der Waals surface area contributed by atoms with Crippen molar-refractivity contribution in [2.45, 2.75) is 0 Å². The van der Waals surface area contributed by atoms with Gasteiger partial charge in [-0.3, -0.25) is 0 Å². The quantitative estimate of drug-likeness (QED) is 0.585. The van der Waals surface area contributed by atoms with Gasteiger partial charge < -0.3 is 10.5 Å². The SMILES string of the molecule is Nc1nc(-c2ccccc2)c2c(Oc3ccccc3F)cccc2n1. The van der Waals surface area contributed by atoms with Crippen LogP contribution >= 0.6 is 0 Å². The first-order valence-electron chi connectivity index (χ1n) is 7.76. The summed E-state index contributed by atoms with van der Waals surface area (Å²) in [6.07, 6.45) is 0. The number of fused-ring (bicyclic) bond motifs is 1. The Morgan fingerprint density at radius 2 is 1.48 bits per heavy atom. The van der Waals surface area contributed by atoms with Gasteiger partial charge in [-0.15, -0.1) is 0 Å². The smallest absolute Gasteiger partial charge is 0.221 e. The van der Waals surface area contributed by atoms with Crippen LogP contribution in [0.5, 0.6) is 11.5 Å². The first-order chi connectivity index (χ1) is 12.2. The van der Waals surface area contributed by atoms with Gasteiger partial charge in [0.25, 0.3) is 0 Å². The van der Waals surface area contributed by atoms with Gasteiger partial charge in [0, 0.05) is 5.56 Å². The monoisotopic (exact) mass is 331 g/mol. The number of aromatic nitrogens is 2. The Kier molecular flexibility index (Phi) is 3.74. The standard InChI is InChI=1S/C20H14FN3O/c21-14-9-4-5-11-16(14)25-17-12-6-10-15-18(17)19(24-20(22)23-15)13-7-2-1-3-8-13/h1-12H,(H2,22,23,24). The zero-order valence-electron chi connectivity index (χ0n) is 13.2. The van der Waals surface area contributed by atoms with E-state index in [0.29, 0.717) is 22.3 Å². The van der Waals surface area contributed by atoms with Crippen molar-refractivity contribution >= 4 is 16.9 Å². The predicted molar refractivity (Wildman–Crippen MR) is 95.9 cm³/mol. The molecule has 0 spiro atoms. The van der Waals surface area contributed by atoms with E-state index in [1.807, 2.05) is 36.4 Å². The maximum atomic E-state index is 14.0. The topological polar surface area (TPSA) is 61.0 Å².